The lowest BCUT2D eigenvalue weighted by molar-refractivity contribution is -0.132. The highest BCUT2D eigenvalue weighted by molar-refractivity contribution is 8.01. The fourth-order valence-corrected chi connectivity index (χ4v) is 6.06. The fraction of sp³-hybridized carbons (Fsp3) is 0.400. The van der Waals surface area contributed by atoms with Gasteiger partial charge in [-0.05, 0) is 37.0 Å². The first kappa shape index (κ1) is 22.4. The van der Waals surface area contributed by atoms with Crippen LogP contribution in [0.4, 0.5) is 0 Å². The van der Waals surface area contributed by atoms with E-state index in [0.717, 1.165) is 11.1 Å². The van der Waals surface area contributed by atoms with E-state index in [0.29, 0.717) is 12.1 Å². The summed E-state index contributed by atoms with van der Waals surface area (Å²) in [4.78, 5) is 41.3. The molecule has 3 atom stereocenters. The number of hydrogen-bond donors (Lipinski definition) is 2. The van der Waals surface area contributed by atoms with Crippen LogP contribution in [0.2, 0.25) is 0 Å². The van der Waals surface area contributed by atoms with Crippen molar-refractivity contribution in [2.45, 2.75) is 56.4 Å². The van der Waals surface area contributed by atoms with Gasteiger partial charge in [-0.2, -0.15) is 0 Å². The normalized spacial score (nSPS) is 21.8. The zero-order chi connectivity index (χ0) is 23.0. The van der Waals surface area contributed by atoms with Gasteiger partial charge in [-0.1, -0.05) is 62.4 Å². The summed E-state index contributed by atoms with van der Waals surface area (Å²) in [7, 11) is 0. The fourth-order valence-electron chi connectivity index (χ4n) is 4.47. The van der Waals surface area contributed by atoms with Crippen LogP contribution in [-0.4, -0.2) is 39.5 Å². The number of nitrogens with zero attached hydrogens (tertiary/aromatic N) is 1. The lowest BCUT2D eigenvalue weighted by Crippen LogP contribution is -2.58. The molecule has 3 amide bonds. The molecule has 2 aromatic rings. The van der Waals surface area contributed by atoms with Crippen molar-refractivity contribution in [3.8, 4) is 0 Å². The minimum absolute atomic E-state index is 0.103. The van der Waals surface area contributed by atoms with Crippen molar-refractivity contribution in [3.05, 3.63) is 71.3 Å². The molecule has 0 unspecified atom stereocenters. The summed E-state index contributed by atoms with van der Waals surface area (Å²) >= 11 is 1.62. The van der Waals surface area contributed by atoms with Crippen LogP contribution in [0, 0.1) is 5.92 Å². The zero-order valence-corrected chi connectivity index (χ0v) is 19.6. The van der Waals surface area contributed by atoms with E-state index in [1.165, 1.54) is 0 Å². The maximum absolute atomic E-state index is 13.5. The predicted octanol–water partition coefficient (Wildman–Crippen LogP) is 3.49. The smallest absolute Gasteiger partial charge is 0.256 e. The second-order valence-electron chi connectivity index (χ2n) is 9.21. The van der Waals surface area contributed by atoms with Gasteiger partial charge in [0.1, 0.15) is 17.5 Å². The molecule has 32 heavy (non-hydrogen) atoms. The van der Waals surface area contributed by atoms with Gasteiger partial charge in [0.15, 0.2) is 0 Å². The highest BCUT2D eigenvalue weighted by Gasteiger charge is 2.57. The first-order chi connectivity index (χ1) is 15.2. The van der Waals surface area contributed by atoms with Gasteiger partial charge in [0.2, 0.25) is 11.8 Å². The molecule has 2 aliphatic heterocycles. The number of hydrogen-bond acceptors (Lipinski definition) is 4. The molecular weight excluding hydrogens is 422 g/mol. The first-order valence-corrected chi connectivity index (χ1v) is 11.8. The van der Waals surface area contributed by atoms with Gasteiger partial charge in [0, 0.05) is 16.9 Å². The Balaban J connectivity index is 1.51. The third kappa shape index (κ3) is 4.01. The monoisotopic (exact) mass is 451 g/mol. The summed E-state index contributed by atoms with van der Waals surface area (Å²) in [5.41, 5.74) is 2.59. The number of carbonyl (C=O) groups is 3. The number of fused-ring (bicyclic) bond motifs is 3. The summed E-state index contributed by atoms with van der Waals surface area (Å²) < 4.78 is -0.486. The predicted molar refractivity (Wildman–Crippen MR) is 126 cm³/mol. The molecule has 2 aromatic carbocycles. The van der Waals surface area contributed by atoms with E-state index in [2.05, 4.69) is 10.6 Å². The molecule has 0 spiro atoms. The molecular formula is C25H29N3O3S. The molecule has 4 rings (SSSR count). The molecule has 1 saturated heterocycles. The Bertz CT molecular complexity index is 1040. The number of benzene rings is 2. The van der Waals surface area contributed by atoms with E-state index in [4.69, 9.17) is 0 Å². The van der Waals surface area contributed by atoms with Gasteiger partial charge in [-0.15, -0.1) is 11.8 Å². The molecule has 168 valence electrons. The van der Waals surface area contributed by atoms with Crippen molar-refractivity contribution in [2.24, 2.45) is 5.92 Å². The Kier molecular flexibility index (Phi) is 6.03. The minimum Gasteiger partial charge on any atom is -0.350 e. The lowest BCUT2D eigenvalue weighted by atomic mass is 9.98. The average molecular weight is 452 g/mol. The van der Waals surface area contributed by atoms with Crippen molar-refractivity contribution >= 4 is 29.5 Å². The molecule has 0 radical (unpaired) electrons. The lowest BCUT2D eigenvalue weighted by Gasteiger charge is -2.32. The molecule has 0 saturated carbocycles. The highest BCUT2D eigenvalue weighted by atomic mass is 32.2. The second kappa shape index (κ2) is 8.62. The second-order valence-corrected chi connectivity index (χ2v) is 10.9. The van der Waals surface area contributed by atoms with Crippen molar-refractivity contribution < 1.29 is 14.4 Å². The van der Waals surface area contributed by atoms with Gasteiger partial charge in [-0.3, -0.25) is 14.4 Å². The van der Waals surface area contributed by atoms with E-state index in [1.54, 1.807) is 16.7 Å². The van der Waals surface area contributed by atoms with Crippen molar-refractivity contribution in [1.29, 1.82) is 0 Å². The molecule has 7 heteroatoms. The Morgan fingerprint density at radius 2 is 1.72 bits per heavy atom. The number of nitrogens with one attached hydrogen (secondary N) is 2. The topological polar surface area (TPSA) is 78.5 Å². The van der Waals surface area contributed by atoms with Crippen LogP contribution < -0.4 is 10.6 Å². The number of rotatable bonds is 6. The zero-order valence-electron chi connectivity index (χ0n) is 18.8. The van der Waals surface area contributed by atoms with Crippen LogP contribution >= 0.6 is 11.8 Å². The minimum atomic E-state index is -0.689. The Labute approximate surface area is 193 Å². The van der Waals surface area contributed by atoms with Gasteiger partial charge in [-0.25, -0.2) is 0 Å². The summed E-state index contributed by atoms with van der Waals surface area (Å²) in [5, 5.41) is 5.69. The maximum Gasteiger partial charge on any atom is 0.256 e. The van der Waals surface area contributed by atoms with Crippen LogP contribution in [0.5, 0.6) is 0 Å². The summed E-state index contributed by atoms with van der Waals surface area (Å²) in [6, 6.07) is 15.8. The summed E-state index contributed by atoms with van der Waals surface area (Å²) in [6.07, 6.45) is 0. The Morgan fingerprint density at radius 3 is 2.41 bits per heavy atom. The van der Waals surface area contributed by atoms with Gasteiger partial charge >= 0.3 is 0 Å². The molecule has 2 aliphatic rings. The average Bonchev–Trinajstić information content (AvgIpc) is 3.20. The van der Waals surface area contributed by atoms with E-state index in [9.17, 15) is 14.4 Å². The van der Waals surface area contributed by atoms with Crippen molar-refractivity contribution in [3.63, 3.8) is 0 Å². The largest absolute Gasteiger partial charge is 0.350 e. The summed E-state index contributed by atoms with van der Waals surface area (Å²) in [5.74, 6) is -0.749. The standard InChI is InChI=1S/C25H29N3O3S/c1-15(2)19(21(29)26-14-16-10-6-5-7-11-16)27-22(30)20-25(3,4)32-24-18-13-9-8-12-17(18)23(31)28(20)24/h5-13,15,19-20,24H,14H2,1-4H3,(H,26,29)(H,27,30)/t19-,20-,24-/m0/s1. The number of thioether (sulfide) groups is 1. The maximum atomic E-state index is 13.5. The van der Waals surface area contributed by atoms with Gasteiger partial charge in [0.25, 0.3) is 5.91 Å². The van der Waals surface area contributed by atoms with Crippen molar-refractivity contribution in [2.75, 3.05) is 0 Å². The SMILES string of the molecule is CC(C)[C@H](NC(=O)[C@@H]1N2C(=O)c3ccccc3[C@@H]2SC1(C)C)C(=O)NCc1ccccc1. The van der Waals surface area contributed by atoms with Crippen LogP contribution in [0.15, 0.2) is 54.6 Å². The molecule has 0 aromatic heterocycles. The molecule has 2 N–H and O–H groups in total. The Hall–Kier alpha value is -2.80. The Morgan fingerprint density at radius 1 is 1.06 bits per heavy atom. The molecule has 0 bridgehead atoms. The first-order valence-electron chi connectivity index (χ1n) is 10.9. The quantitative estimate of drug-likeness (QED) is 0.705. The third-order valence-corrected chi connectivity index (χ3v) is 7.64. The molecule has 6 nitrogen and oxygen atoms in total. The van der Waals surface area contributed by atoms with E-state index < -0.39 is 16.8 Å². The van der Waals surface area contributed by atoms with Crippen LogP contribution in [0.1, 0.15) is 54.6 Å². The highest BCUT2D eigenvalue weighted by Crippen LogP contribution is 2.56. The van der Waals surface area contributed by atoms with Crippen molar-refractivity contribution in [1.82, 2.24) is 15.5 Å². The summed E-state index contributed by atoms with van der Waals surface area (Å²) in [6.45, 7) is 8.17. The van der Waals surface area contributed by atoms with Gasteiger partial charge < -0.3 is 15.5 Å². The van der Waals surface area contributed by atoms with Crippen LogP contribution in [0.3, 0.4) is 0 Å². The molecule has 1 fully saturated rings. The van der Waals surface area contributed by atoms with Crippen LogP contribution in [-0.2, 0) is 16.1 Å². The van der Waals surface area contributed by atoms with E-state index in [1.807, 2.05) is 82.3 Å². The molecule has 2 heterocycles. The number of amides is 3. The third-order valence-electron chi connectivity index (χ3n) is 6.10. The van der Waals surface area contributed by atoms with Gasteiger partial charge in [0.05, 0.1) is 0 Å². The van der Waals surface area contributed by atoms with E-state index >= 15 is 0 Å². The van der Waals surface area contributed by atoms with E-state index in [-0.39, 0.29) is 29.0 Å². The molecule has 0 aliphatic carbocycles. The van der Waals surface area contributed by atoms with Crippen LogP contribution in [0.25, 0.3) is 0 Å². The number of carbonyl (C=O) groups excluding carboxylic acids is 3.